The first-order valence-corrected chi connectivity index (χ1v) is 8.43. The summed E-state index contributed by atoms with van der Waals surface area (Å²) < 4.78 is 8.28. The van der Waals surface area contributed by atoms with Gasteiger partial charge in [-0.3, -0.25) is 0 Å². The molecule has 24 heavy (non-hydrogen) atoms. The molecule has 0 radical (unpaired) electrons. The molecule has 0 saturated heterocycles. The van der Waals surface area contributed by atoms with Crippen LogP contribution in [0.1, 0.15) is 18.4 Å². The maximum absolute atomic E-state index is 5.39. The molecule has 6 nitrogen and oxygen atoms in total. The lowest BCUT2D eigenvalue weighted by molar-refractivity contribution is 0.385. The van der Waals surface area contributed by atoms with Gasteiger partial charge in [-0.2, -0.15) is 4.98 Å². The highest BCUT2D eigenvalue weighted by Crippen LogP contribution is 2.23. The Labute approximate surface area is 146 Å². The second-order valence-corrected chi connectivity index (χ2v) is 6.24. The number of aryl methyl sites for hydroxylation is 1. The van der Waals surface area contributed by atoms with E-state index in [4.69, 9.17) is 4.52 Å². The van der Waals surface area contributed by atoms with Crippen LogP contribution in [0.4, 0.5) is 0 Å². The summed E-state index contributed by atoms with van der Waals surface area (Å²) in [6.07, 6.45) is 0.586. The Hall–Kier alpha value is -2.54. The largest absolute Gasteiger partial charge is 0.339 e. The van der Waals surface area contributed by atoms with E-state index in [1.165, 1.54) is 0 Å². The Morgan fingerprint density at radius 2 is 2.04 bits per heavy atom. The lowest BCUT2D eigenvalue weighted by atomic mass is 10.1. The highest BCUT2D eigenvalue weighted by Gasteiger charge is 2.12. The number of aromatic nitrogens is 5. The van der Waals surface area contributed by atoms with Gasteiger partial charge >= 0.3 is 0 Å². The van der Waals surface area contributed by atoms with Crippen LogP contribution in [-0.2, 0) is 13.0 Å². The Kier molecular flexibility index (Phi) is 3.86. The zero-order valence-electron chi connectivity index (χ0n) is 13.0. The van der Waals surface area contributed by atoms with Crippen LogP contribution in [0.25, 0.3) is 22.4 Å². The number of nitrogens with zero attached hydrogens (tertiary/aromatic N) is 5. The van der Waals surface area contributed by atoms with Gasteiger partial charge in [0.05, 0.1) is 11.9 Å². The second kappa shape index (κ2) is 6.16. The van der Waals surface area contributed by atoms with Crippen molar-refractivity contribution in [3.8, 4) is 11.4 Å². The second-order valence-electron chi connectivity index (χ2n) is 5.39. The first kappa shape index (κ1) is 15.0. The van der Waals surface area contributed by atoms with E-state index in [2.05, 4.69) is 36.4 Å². The standard InChI is InChI=1S/C17H14BrN5O/c1-2-23-15-8-7-12(9-14(15)20-22-23)17-19-16(24-21-17)10-11-5-3-4-6-13(11)18/h3-9H,2,10H2,1H3. The summed E-state index contributed by atoms with van der Waals surface area (Å²) in [6.45, 7) is 2.82. The number of rotatable bonds is 4. The number of halogens is 1. The third kappa shape index (κ3) is 2.71. The van der Waals surface area contributed by atoms with E-state index in [-0.39, 0.29) is 0 Å². The van der Waals surface area contributed by atoms with E-state index in [0.29, 0.717) is 18.1 Å². The fraction of sp³-hybridized carbons (Fsp3) is 0.176. The molecule has 4 rings (SSSR count). The van der Waals surface area contributed by atoms with Gasteiger partial charge in [0.2, 0.25) is 11.7 Å². The molecule has 4 aromatic rings. The van der Waals surface area contributed by atoms with Gasteiger partial charge in [-0.25, -0.2) is 4.68 Å². The molecule has 0 spiro atoms. The molecule has 2 heterocycles. The van der Waals surface area contributed by atoms with Gasteiger partial charge in [0.1, 0.15) is 5.52 Å². The first-order valence-electron chi connectivity index (χ1n) is 7.64. The van der Waals surface area contributed by atoms with Crippen molar-refractivity contribution in [1.82, 2.24) is 25.1 Å². The molecule has 0 aliphatic rings. The highest BCUT2D eigenvalue weighted by molar-refractivity contribution is 9.10. The van der Waals surface area contributed by atoms with Crippen molar-refractivity contribution >= 4 is 27.0 Å². The summed E-state index contributed by atoms with van der Waals surface area (Å²) >= 11 is 3.53. The zero-order valence-corrected chi connectivity index (χ0v) is 14.6. The van der Waals surface area contributed by atoms with Crippen LogP contribution >= 0.6 is 15.9 Å². The van der Waals surface area contributed by atoms with Crippen LogP contribution < -0.4 is 0 Å². The van der Waals surface area contributed by atoms with Crippen LogP contribution in [-0.4, -0.2) is 25.1 Å². The van der Waals surface area contributed by atoms with Crippen molar-refractivity contribution in [3.05, 3.63) is 58.4 Å². The lowest BCUT2D eigenvalue weighted by Gasteiger charge is -1.99. The summed E-state index contributed by atoms with van der Waals surface area (Å²) in [6, 6.07) is 13.9. The normalized spacial score (nSPS) is 11.2. The molecule has 2 aromatic carbocycles. The molecule has 2 aromatic heterocycles. The van der Waals surface area contributed by atoms with Crippen LogP contribution in [0.15, 0.2) is 51.5 Å². The van der Waals surface area contributed by atoms with Crippen molar-refractivity contribution in [2.75, 3.05) is 0 Å². The smallest absolute Gasteiger partial charge is 0.231 e. The molecule has 0 aliphatic heterocycles. The number of benzene rings is 2. The average molecular weight is 384 g/mol. The molecule has 0 amide bonds. The fourth-order valence-corrected chi connectivity index (χ4v) is 3.02. The average Bonchev–Trinajstić information content (AvgIpc) is 3.23. The van der Waals surface area contributed by atoms with Gasteiger partial charge in [0.15, 0.2) is 0 Å². The maximum atomic E-state index is 5.39. The third-order valence-electron chi connectivity index (χ3n) is 3.84. The molecular formula is C17H14BrN5O. The summed E-state index contributed by atoms with van der Waals surface area (Å²) in [7, 11) is 0. The SMILES string of the molecule is CCn1nnc2cc(-c3noc(Cc4ccccc4Br)n3)ccc21. The fourth-order valence-electron chi connectivity index (χ4n) is 2.59. The maximum Gasteiger partial charge on any atom is 0.231 e. The molecule has 7 heteroatoms. The molecule has 0 N–H and O–H groups in total. The Bertz CT molecular complexity index is 1010. The highest BCUT2D eigenvalue weighted by atomic mass is 79.9. The lowest BCUT2D eigenvalue weighted by Crippen LogP contribution is -1.95. The monoisotopic (exact) mass is 383 g/mol. The summed E-state index contributed by atoms with van der Waals surface area (Å²) in [5, 5.41) is 12.4. The quantitative estimate of drug-likeness (QED) is 0.535. The Morgan fingerprint density at radius 1 is 1.17 bits per heavy atom. The number of hydrogen-bond acceptors (Lipinski definition) is 5. The van der Waals surface area contributed by atoms with Gasteiger partial charge in [-0.05, 0) is 36.8 Å². The van der Waals surface area contributed by atoms with Crippen molar-refractivity contribution in [3.63, 3.8) is 0 Å². The summed E-state index contributed by atoms with van der Waals surface area (Å²) in [4.78, 5) is 4.50. The predicted molar refractivity (Wildman–Crippen MR) is 93.4 cm³/mol. The van der Waals surface area contributed by atoms with Crippen LogP contribution in [0.2, 0.25) is 0 Å². The van der Waals surface area contributed by atoms with Gasteiger partial charge in [-0.1, -0.05) is 44.5 Å². The topological polar surface area (TPSA) is 69.6 Å². The zero-order chi connectivity index (χ0) is 16.5. The van der Waals surface area contributed by atoms with Crippen LogP contribution in [0, 0.1) is 0 Å². The molecule has 0 atom stereocenters. The number of fused-ring (bicyclic) bond motifs is 1. The summed E-state index contributed by atoms with van der Waals surface area (Å²) in [5.74, 6) is 1.14. The van der Waals surface area contributed by atoms with Gasteiger partial charge in [-0.15, -0.1) is 5.10 Å². The Morgan fingerprint density at radius 3 is 2.88 bits per heavy atom. The van der Waals surface area contributed by atoms with E-state index < -0.39 is 0 Å². The molecule has 120 valence electrons. The van der Waals surface area contributed by atoms with E-state index in [9.17, 15) is 0 Å². The van der Waals surface area contributed by atoms with Gasteiger partial charge in [0, 0.05) is 16.6 Å². The van der Waals surface area contributed by atoms with Crippen LogP contribution in [0.3, 0.4) is 0 Å². The molecule has 0 aliphatic carbocycles. The summed E-state index contributed by atoms with van der Waals surface area (Å²) in [5.41, 5.74) is 3.80. The molecule has 0 saturated carbocycles. The predicted octanol–water partition coefficient (Wildman–Crippen LogP) is 3.85. The van der Waals surface area contributed by atoms with Crippen molar-refractivity contribution in [2.24, 2.45) is 0 Å². The van der Waals surface area contributed by atoms with Crippen LogP contribution in [0.5, 0.6) is 0 Å². The van der Waals surface area contributed by atoms with Gasteiger partial charge < -0.3 is 4.52 Å². The first-order chi connectivity index (χ1) is 11.7. The molecule has 0 unspecified atom stereocenters. The van der Waals surface area contributed by atoms with Gasteiger partial charge in [0.25, 0.3) is 0 Å². The number of hydrogen-bond donors (Lipinski definition) is 0. The Balaban J connectivity index is 1.64. The van der Waals surface area contributed by atoms with E-state index in [0.717, 1.165) is 33.2 Å². The minimum atomic E-state index is 0.560. The molecule has 0 bridgehead atoms. The van der Waals surface area contributed by atoms with E-state index in [1.807, 2.05) is 54.1 Å². The minimum Gasteiger partial charge on any atom is -0.339 e. The minimum absolute atomic E-state index is 0.560. The van der Waals surface area contributed by atoms with E-state index >= 15 is 0 Å². The van der Waals surface area contributed by atoms with Crippen molar-refractivity contribution < 1.29 is 4.52 Å². The molecular weight excluding hydrogens is 370 g/mol. The van der Waals surface area contributed by atoms with Crippen molar-refractivity contribution in [1.29, 1.82) is 0 Å². The van der Waals surface area contributed by atoms with Crippen molar-refractivity contribution in [2.45, 2.75) is 19.9 Å². The van der Waals surface area contributed by atoms with E-state index in [1.54, 1.807) is 0 Å². The third-order valence-corrected chi connectivity index (χ3v) is 4.61. The molecule has 0 fully saturated rings.